The number of hydrogen-bond donors (Lipinski definition) is 1. The zero-order valence-electron chi connectivity index (χ0n) is 19.0. The molecule has 0 unspecified atom stereocenters. The minimum atomic E-state index is -2.13. The molecule has 184 valence electrons. The zero-order valence-corrected chi connectivity index (χ0v) is 20.5. The Morgan fingerprint density at radius 1 is 1.22 bits per heavy atom. The fourth-order valence-corrected chi connectivity index (χ4v) is 5.21. The van der Waals surface area contributed by atoms with Gasteiger partial charge in [0.2, 0.25) is 0 Å². The maximum atomic E-state index is 15.2. The Kier molecular flexibility index (Phi) is 5.76. The molecule has 1 aliphatic rings. The maximum absolute atomic E-state index is 15.2. The van der Waals surface area contributed by atoms with E-state index in [-0.39, 0.29) is 32.6 Å². The standard InChI is InChI=1S/C26H18Cl2F2N2O4/c1-26(2,30)24-22(23(31-36-24)21-16(28)9-14(27)10-17(21)29)25(35)32-11-13-7-6-12(8-19(33)34)15-4-3-5-18(32)20(13)15/h3-5,8-11H,6-7H2,1-2H3,(H,33,34)/b12-8+. The third kappa shape index (κ3) is 3.90. The summed E-state index contributed by atoms with van der Waals surface area (Å²) in [4.78, 5) is 25.3. The van der Waals surface area contributed by atoms with Crippen LogP contribution in [-0.2, 0) is 16.9 Å². The summed E-state index contributed by atoms with van der Waals surface area (Å²) < 4.78 is 36.7. The van der Waals surface area contributed by atoms with Crippen LogP contribution in [0.5, 0.6) is 0 Å². The molecule has 0 amide bonds. The van der Waals surface area contributed by atoms with Crippen molar-refractivity contribution in [1.82, 2.24) is 9.72 Å². The zero-order chi connectivity index (χ0) is 25.9. The van der Waals surface area contributed by atoms with Crippen LogP contribution in [0.4, 0.5) is 8.78 Å². The second kappa shape index (κ2) is 8.57. The molecule has 10 heteroatoms. The van der Waals surface area contributed by atoms with Gasteiger partial charge in [-0.2, -0.15) is 0 Å². The number of carboxylic acid groups (broad SMARTS) is 1. The van der Waals surface area contributed by atoms with Crippen molar-refractivity contribution in [2.45, 2.75) is 32.4 Å². The molecule has 2 aromatic heterocycles. The van der Waals surface area contributed by atoms with Crippen molar-refractivity contribution >= 4 is 51.6 Å². The van der Waals surface area contributed by atoms with Gasteiger partial charge in [-0.05, 0) is 61.6 Å². The lowest BCUT2D eigenvalue weighted by atomic mass is 9.88. The predicted octanol–water partition coefficient (Wildman–Crippen LogP) is 7.05. The molecule has 0 aliphatic heterocycles. The van der Waals surface area contributed by atoms with Gasteiger partial charge in [-0.15, -0.1) is 0 Å². The number of benzene rings is 2. The van der Waals surface area contributed by atoms with Crippen LogP contribution in [0.25, 0.3) is 27.7 Å². The van der Waals surface area contributed by atoms with E-state index >= 15 is 4.39 Å². The molecule has 0 radical (unpaired) electrons. The van der Waals surface area contributed by atoms with Gasteiger partial charge in [0.1, 0.15) is 17.1 Å². The smallest absolute Gasteiger partial charge is 0.328 e. The molecule has 0 spiro atoms. The van der Waals surface area contributed by atoms with Crippen molar-refractivity contribution in [3.8, 4) is 11.3 Å². The first kappa shape index (κ1) is 24.2. The SMILES string of the molecule is CC(C)(F)c1onc(-c2c(F)cc(Cl)cc2Cl)c1C(=O)n1cc2c3c(cccc31)/C(=C/C(=O)O)CC2. The van der Waals surface area contributed by atoms with E-state index < -0.39 is 23.4 Å². The van der Waals surface area contributed by atoms with Gasteiger partial charge in [0.15, 0.2) is 11.4 Å². The van der Waals surface area contributed by atoms with Crippen molar-refractivity contribution in [3.05, 3.63) is 80.9 Å². The molecule has 0 atom stereocenters. The third-order valence-corrected chi connectivity index (χ3v) is 6.64. The number of nitrogens with zero attached hydrogens (tertiary/aromatic N) is 2. The molecule has 0 saturated carbocycles. The van der Waals surface area contributed by atoms with E-state index in [9.17, 15) is 19.1 Å². The molecule has 36 heavy (non-hydrogen) atoms. The molecular formula is C26H18Cl2F2N2O4. The molecule has 1 aliphatic carbocycles. The van der Waals surface area contributed by atoms with Crippen molar-refractivity contribution in [2.75, 3.05) is 0 Å². The number of hydrogen-bond acceptors (Lipinski definition) is 4. The van der Waals surface area contributed by atoms with Crippen LogP contribution >= 0.6 is 23.2 Å². The second-order valence-corrected chi connectivity index (χ2v) is 9.83. The molecule has 0 fully saturated rings. The lowest BCUT2D eigenvalue weighted by Crippen LogP contribution is -2.18. The molecule has 2 aromatic carbocycles. The number of allylic oxidation sites excluding steroid dienone is 1. The number of rotatable bonds is 4. The van der Waals surface area contributed by atoms with E-state index in [1.165, 1.54) is 24.5 Å². The van der Waals surface area contributed by atoms with E-state index in [0.717, 1.165) is 23.1 Å². The van der Waals surface area contributed by atoms with E-state index in [1.54, 1.807) is 24.4 Å². The minimum absolute atomic E-state index is 0.0425. The Labute approximate surface area is 213 Å². The number of alkyl halides is 1. The summed E-state index contributed by atoms with van der Waals surface area (Å²) in [7, 11) is 0. The normalized spacial score (nSPS) is 14.6. The number of carbonyl (C=O) groups is 2. The Hall–Kier alpha value is -3.49. The molecular weight excluding hydrogens is 513 g/mol. The highest BCUT2D eigenvalue weighted by Crippen LogP contribution is 2.42. The van der Waals surface area contributed by atoms with Crippen molar-refractivity contribution in [1.29, 1.82) is 0 Å². The van der Waals surface area contributed by atoms with Crippen molar-refractivity contribution in [2.24, 2.45) is 0 Å². The molecule has 5 rings (SSSR count). The van der Waals surface area contributed by atoms with Gasteiger partial charge in [0, 0.05) is 22.7 Å². The predicted molar refractivity (Wildman–Crippen MR) is 132 cm³/mol. The average molecular weight is 531 g/mol. The molecule has 0 saturated heterocycles. The number of aryl methyl sites for hydroxylation is 1. The van der Waals surface area contributed by atoms with Crippen LogP contribution in [0.1, 0.15) is 47.5 Å². The topological polar surface area (TPSA) is 85.3 Å². The maximum Gasteiger partial charge on any atom is 0.328 e. The summed E-state index contributed by atoms with van der Waals surface area (Å²) in [5, 5.41) is 13.7. The van der Waals surface area contributed by atoms with Crippen LogP contribution in [0.3, 0.4) is 0 Å². The van der Waals surface area contributed by atoms with Gasteiger partial charge in [-0.25, -0.2) is 13.6 Å². The molecule has 0 bridgehead atoms. The monoisotopic (exact) mass is 530 g/mol. The first-order valence-corrected chi connectivity index (χ1v) is 11.7. The summed E-state index contributed by atoms with van der Waals surface area (Å²) in [6, 6.07) is 7.50. The fraction of sp³-hybridized carbons (Fsp3) is 0.192. The van der Waals surface area contributed by atoms with Gasteiger partial charge in [-0.1, -0.05) is 40.5 Å². The van der Waals surface area contributed by atoms with E-state index in [0.29, 0.717) is 29.5 Å². The molecule has 1 N–H and O–H groups in total. The quantitative estimate of drug-likeness (QED) is 0.285. The Morgan fingerprint density at radius 2 is 1.97 bits per heavy atom. The lowest BCUT2D eigenvalue weighted by Gasteiger charge is -2.15. The summed E-state index contributed by atoms with van der Waals surface area (Å²) >= 11 is 12.1. The largest absolute Gasteiger partial charge is 0.478 e. The molecule has 6 nitrogen and oxygen atoms in total. The summed E-state index contributed by atoms with van der Waals surface area (Å²) in [5.74, 6) is -2.99. The summed E-state index contributed by atoms with van der Waals surface area (Å²) in [6.07, 6.45) is 3.76. The highest BCUT2D eigenvalue weighted by Gasteiger charge is 2.37. The van der Waals surface area contributed by atoms with Gasteiger partial charge in [0.05, 0.1) is 16.1 Å². The van der Waals surface area contributed by atoms with Gasteiger partial charge < -0.3 is 9.63 Å². The van der Waals surface area contributed by atoms with Crippen LogP contribution in [0, 0.1) is 5.82 Å². The van der Waals surface area contributed by atoms with Crippen LogP contribution in [0.15, 0.2) is 47.1 Å². The van der Waals surface area contributed by atoms with Crippen molar-refractivity contribution < 1.29 is 28.0 Å². The third-order valence-electron chi connectivity index (χ3n) is 6.12. The summed E-state index contributed by atoms with van der Waals surface area (Å²) in [5.41, 5.74) is -0.248. The van der Waals surface area contributed by atoms with Gasteiger partial charge in [0.25, 0.3) is 5.91 Å². The van der Waals surface area contributed by atoms with Gasteiger partial charge in [-0.3, -0.25) is 9.36 Å². The highest BCUT2D eigenvalue weighted by molar-refractivity contribution is 6.36. The van der Waals surface area contributed by atoms with E-state index in [4.69, 9.17) is 27.7 Å². The minimum Gasteiger partial charge on any atom is -0.478 e. The first-order chi connectivity index (χ1) is 17.0. The number of carboxylic acids is 1. The Bertz CT molecular complexity index is 1590. The molecule has 2 heterocycles. The van der Waals surface area contributed by atoms with Gasteiger partial charge >= 0.3 is 5.97 Å². The summed E-state index contributed by atoms with van der Waals surface area (Å²) in [6.45, 7) is 2.39. The highest BCUT2D eigenvalue weighted by atomic mass is 35.5. The van der Waals surface area contributed by atoms with E-state index in [1.807, 2.05) is 0 Å². The lowest BCUT2D eigenvalue weighted by molar-refractivity contribution is -0.131. The van der Waals surface area contributed by atoms with Crippen LogP contribution in [0.2, 0.25) is 10.0 Å². The Balaban J connectivity index is 1.76. The van der Waals surface area contributed by atoms with Crippen molar-refractivity contribution in [3.63, 3.8) is 0 Å². The van der Waals surface area contributed by atoms with E-state index in [2.05, 4.69) is 5.16 Å². The number of aliphatic carboxylic acids is 1. The first-order valence-electron chi connectivity index (χ1n) is 10.9. The average Bonchev–Trinajstić information content (AvgIpc) is 3.38. The fourth-order valence-electron chi connectivity index (χ4n) is 4.65. The second-order valence-electron chi connectivity index (χ2n) is 8.99. The molecule has 4 aromatic rings. The Morgan fingerprint density at radius 3 is 2.64 bits per heavy atom. The number of halogens is 4. The van der Waals surface area contributed by atoms with Crippen LogP contribution in [-0.4, -0.2) is 26.7 Å². The van der Waals surface area contributed by atoms with Crippen LogP contribution < -0.4 is 0 Å². The number of carbonyl (C=O) groups excluding carboxylic acids is 1. The number of aromatic nitrogens is 2.